The second kappa shape index (κ2) is 8.30. The average molecular weight is 386 g/mol. The lowest BCUT2D eigenvalue weighted by Gasteiger charge is -2.23. The monoisotopic (exact) mass is 386 g/mol. The maximum atomic E-state index is 12.7. The Kier molecular flexibility index (Phi) is 5.85. The number of para-hydroxylation sites is 1. The Morgan fingerprint density at radius 3 is 2.63 bits per heavy atom. The average Bonchev–Trinajstić information content (AvgIpc) is 3.29. The van der Waals surface area contributed by atoms with Crippen LogP contribution in [0.4, 0.5) is 10.8 Å². The lowest BCUT2D eigenvalue weighted by molar-refractivity contribution is -0.130. The number of nitrogens with zero attached hydrogens (tertiary/aromatic N) is 2. The third-order valence-corrected chi connectivity index (χ3v) is 5.16. The molecule has 142 valence electrons. The highest BCUT2D eigenvalue weighted by atomic mass is 32.1. The predicted octanol–water partition coefficient (Wildman–Crippen LogP) is 2.28. The summed E-state index contributed by atoms with van der Waals surface area (Å²) in [6.45, 7) is 4.04. The molecular formula is C19H22N4O3S. The molecule has 2 N–H and O–H groups in total. The third-order valence-electron chi connectivity index (χ3n) is 4.47. The van der Waals surface area contributed by atoms with Gasteiger partial charge in [-0.05, 0) is 18.1 Å². The minimum atomic E-state index is -0.692. The van der Waals surface area contributed by atoms with Gasteiger partial charge in [-0.1, -0.05) is 32.0 Å². The van der Waals surface area contributed by atoms with Crippen LogP contribution in [0.1, 0.15) is 20.3 Å². The summed E-state index contributed by atoms with van der Waals surface area (Å²) in [5, 5.41) is 7.79. The van der Waals surface area contributed by atoms with Gasteiger partial charge in [-0.25, -0.2) is 4.98 Å². The summed E-state index contributed by atoms with van der Waals surface area (Å²) in [4.78, 5) is 43.2. The van der Waals surface area contributed by atoms with Gasteiger partial charge in [0.2, 0.25) is 17.7 Å². The Balaban J connectivity index is 1.64. The normalized spacial score (nSPS) is 17.8. The molecule has 1 fully saturated rings. The molecule has 7 nitrogen and oxygen atoms in total. The van der Waals surface area contributed by atoms with Gasteiger partial charge in [0, 0.05) is 30.2 Å². The first kappa shape index (κ1) is 19.0. The fourth-order valence-electron chi connectivity index (χ4n) is 3.02. The number of hydrogen-bond donors (Lipinski definition) is 2. The molecule has 0 radical (unpaired) electrons. The predicted molar refractivity (Wildman–Crippen MR) is 104 cm³/mol. The number of amides is 3. The maximum Gasteiger partial charge on any atom is 0.248 e. The highest BCUT2D eigenvalue weighted by Crippen LogP contribution is 2.25. The zero-order chi connectivity index (χ0) is 19.4. The first-order valence-corrected chi connectivity index (χ1v) is 9.70. The number of carbonyl (C=O) groups excluding carboxylic acids is 3. The third kappa shape index (κ3) is 4.51. The van der Waals surface area contributed by atoms with Crippen molar-refractivity contribution < 1.29 is 14.4 Å². The molecule has 1 saturated heterocycles. The summed E-state index contributed by atoms with van der Waals surface area (Å²) in [6.07, 6.45) is 1.74. The van der Waals surface area contributed by atoms with Crippen molar-refractivity contribution in [2.24, 2.45) is 11.8 Å². The van der Waals surface area contributed by atoms with Crippen molar-refractivity contribution in [2.75, 3.05) is 16.8 Å². The topological polar surface area (TPSA) is 91.4 Å². The molecule has 1 aliphatic rings. The van der Waals surface area contributed by atoms with Crippen LogP contribution in [0.2, 0.25) is 0 Å². The van der Waals surface area contributed by atoms with Gasteiger partial charge in [-0.15, -0.1) is 11.3 Å². The van der Waals surface area contributed by atoms with Gasteiger partial charge in [0.15, 0.2) is 5.13 Å². The second-order valence-electron chi connectivity index (χ2n) is 6.80. The van der Waals surface area contributed by atoms with Crippen LogP contribution in [-0.4, -0.2) is 35.3 Å². The van der Waals surface area contributed by atoms with E-state index in [9.17, 15) is 14.4 Å². The zero-order valence-electron chi connectivity index (χ0n) is 15.2. The SMILES string of the molecule is CC(C)[C@H](NC(=O)C1CC(=O)N(c2ccccc2)C1)C(=O)Nc1nccs1. The Morgan fingerprint density at radius 1 is 1.26 bits per heavy atom. The van der Waals surface area contributed by atoms with E-state index >= 15 is 0 Å². The number of thiazole rings is 1. The van der Waals surface area contributed by atoms with Gasteiger partial charge in [0.25, 0.3) is 0 Å². The van der Waals surface area contributed by atoms with Gasteiger partial charge in [-0.3, -0.25) is 14.4 Å². The molecular weight excluding hydrogens is 364 g/mol. The van der Waals surface area contributed by atoms with Gasteiger partial charge < -0.3 is 15.5 Å². The van der Waals surface area contributed by atoms with E-state index in [0.29, 0.717) is 11.7 Å². The number of benzene rings is 1. The fourth-order valence-corrected chi connectivity index (χ4v) is 3.55. The van der Waals surface area contributed by atoms with Gasteiger partial charge in [0.1, 0.15) is 6.04 Å². The molecule has 0 saturated carbocycles. The summed E-state index contributed by atoms with van der Waals surface area (Å²) in [5.74, 6) is -1.26. The second-order valence-corrected chi connectivity index (χ2v) is 7.69. The number of hydrogen-bond acceptors (Lipinski definition) is 5. The van der Waals surface area contributed by atoms with Gasteiger partial charge in [-0.2, -0.15) is 0 Å². The molecule has 1 aliphatic heterocycles. The summed E-state index contributed by atoms with van der Waals surface area (Å²) in [6, 6.07) is 8.58. The van der Waals surface area contributed by atoms with E-state index in [1.807, 2.05) is 44.2 Å². The van der Waals surface area contributed by atoms with Crippen LogP contribution in [0.3, 0.4) is 0 Å². The van der Waals surface area contributed by atoms with E-state index in [1.54, 1.807) is 16.5 Å². The molecule has 1 aromatic heterocycles. The molecule has 1 unspecified atom stereocenters. The molecule has 1 aromatic carbocycles. The van der Waals surface area contributed by atoms with Gasteiger partial charge in [0.05, 0.1) is 5.92 Å². The summed E-state index contributed by atoms with van der Waals surface area (Å²) < 4.78 is 0. The van der Waals surface area contributed by atoms with Crippen LogP contribution in [0, 0.1) is 11.8 Å². The minimum Gasteiger partial charge on any atom is -0.344 e. The van der Waals surface area contributed by atoms with Crippen molar-refractivity contribution in [3.05, 3.63) is 41.9 Å². The van der Waals surface area contributed by atoms with E-state index < -0.39 is 12.0 Å². The highest BCUT2D eigenvalue weighted by molar-refractivity contribution is 7.13. The Morgan fingerprint density at radius 2 is 2.00 bits per heavy atom. The molecule has 27 heavy (non-hydrogen) atoms. The fraction of sp³-hybridized carbons (Fsp3) is 0.368. The smallest absolute Gasteiger partial charge is 0.248 e. The highest BCUT2D eigenvalue weighted by Gasteiger charge is 2.37. The van der Waals surface area contributed by atoms with Gasteiger partial charge >= 0.3 is 0 Å². The van der Waals surface area contributed by atoms with Crippen molar-refractivity contribution in [3.63, 3.8) is 0 Å². The number of anilines is 2. The maximum absolute atomic E-state index is 12.7. The molecule has 2 atom stereocenters. The standard InChI is InChI=1S/C19H22N4O3S/c1-12(2)16(18(26)22-19-20-8-9-27-19)21-17(25)13-10-15(24)23(11-13)14-6-4-3-5-7-14/h3-9,12-13,16H,10-11H2,1-2H3,(H,21,25)(H,20,22,26)/t13?,16-/m0/s1. The van der Waals surface area contributed by atoms with Crippen molar-refractivity contribution >= 4 is 39.9 Å². The first-order valence-electron chi connectivity index (χ1n) is 8.82. The van der Waals surface area contributed by atoms with Crippen LogP contribution in [0.5, 0.6) is 0 Å². The van der Waals surface area contributed by atoms with Crippen LogP contribution < -0.4 is 15.5 Å². The summed E-state index contributed by atoms with van der Waals surface area (Å²) in [7, 11) is 0. The van der Waals surface area contributed by atoms with E-state index in [4.69, 9.17) is 0 Å². The summed E-state index contributed by atoms with van der Waals surface area (Å²) in [5.41, 5.74) is 0.778. The molecule has 0 spiro atoms. The molecule has 8 heteroatoms. The Bertz CT molecular complexity index is 808. The van der Waals surface area contributed by atoms with Crippen LogP contribution in [0.15, 0.2) is 41.9 Å². The van der Waals surface area contributed by atoms with Crippen LogP contribution in [0.25, 0.3) is 0 Å². The minimum absolute atomic E-state index is 0.0883. The van der Waals surface area contributed by atoms with Crippen molar-refractivity contribution in [3.8, 4) is 0 Å². The van der Waals surface area contributed by atoms with Crippen molar-refractivity contribution in [1.29, 1.82) is 0 Å². The molecule has 0 aliphatic carbocycles. The van der Waals surface area contributed by atoms with E-state index in [2.05, 4.69) is 15.6 Å². The number of aromatic nitrogens is 1. The lowest BCUT2D eigenvalue weighted by Crippen LogP contribution is -2.49. The van der Waals surface area contributed by atoms with Crippen molar-refractivity contribution in [2.45, 2.75) is 26.3 Å². The summed E-state index contributed by atoms with van der Waals surface area (Å²) >= 11 is 1.32. The Hall–Kier alpha value is -2.74. The van der Waals surface area contributed by atoms with Crippen LogP contribution in [-0.2, 0) is 14.4 Å². The molecule has 3 rings (SSSR count). The van der Waals surface area contributed by atoms with E-state index in [0.717, 1.165) is 5.69 Å². The van der Waals surface area contributed by atoms with Crippen molar-refractivity contribution in [1.82, 2.24) is 10.3 Å². The lowest BCUT2D eigenvalue weighted by atomic mass is 10.0. The van der Waals surface area contributed by atoms with Crippen LogP contribution >= 0.6 is 11.3 Å². The first-order chi connectivity index (χ1) is 13.0. The number of carbonyl (C=O) groups is 3. The number of nitrogens with one attached hydrogen (secondary N) is 2. The van der Waals surface area contributed by atoms with E-state index in [1.165, 1.54) is 11.3 Å². The molecule has 2 heterocycles. The zero-order valence-corrected chi connectivity index (χ0v) is 16.0. The largest absolute Gasteiger partial charge is 0.344 e. The number of rotatable bonds is 6. The molecule has 0 bridgehead atoms. The molecule has 2 aromatic rings. The Labute approximate surface area is 161 Å². The quantitative estimate of drug-likeness (QED) is 0.797. The van der Waals surface area contributed by atoms with E-state index in [-0.39, 0.29) is 30.1 Å². The molecule has 3 amide bonds.